The highest BCUT2D eigenvalue weighted by atomic mass is 16.5. The van der Waals surface area contributed by atoms with Gasteiger partial charge in [0.1, 0.15) is 11.5 Å². The molecule has 91 valence electrons. The highest BCUT2D eigenvalue weighted by Gasteiger charge is 2.00. The number of hydrogen-bond donors (Lipinski definition) is 0. The Kier molecular flexibility index (Phi) is 3.28. The van der Waals surface area contributed by atoms with E-state index in [1.165, 1.54) is 5.56 Å². The quantitative estimate of drug-likeness (QED) is 0.634. The lowest BCUT2D eigenvalue weighted by Crippen LogP contribution is -1.84. The van der Waals surface area contributed by atoms with Crippen molar-refractivity contribution in [3.05, 3.63) is 84.9 Å². The minimum Gasteiger partial charge on any atom is -0.457 e. The summed E-state index contributed by atoms with van der Waals surface area (Å²) in [7, 11) is 0. The summed E-state index contributed by atoms with van der Waals surface area (Å²) in [5.74, 6) is 1.55. The van der Waals surface area contributed by atoms with Crippen molar-refractivity contribution in [2.45, 2.75) is 0 Å². The van der Waals surface area contributed by atoms with Gasteiger partial charge in [-0.15, -0.1) is 0 Å². The maximum Gasteiger partial charge on any atom is 0.135 e. The maximum atomic E-state index is 5.78. The van der Waals surface area contributed by atoms with E-state index in [1.807, 2.05) is 60.7 Å². The molecule has 0 bridgehead atoms. The van der Waals surface area contributed by atoms with E-state index in [2.05, 4.69) is 24.3 Å². The molecule has 0 aromatic heterocycles. The van der Waals surface area contributed by atoms with Crippen LogP contribution < -0.4 is 4.74 Å². The lowest BCUT2D eigenvalue weighted by molar-refractivity contribution is 0.482. The van der Waals surface area contributed by atoms with Crippen LogP contribution in [0.5, 0.6) is 11.5 Å². The van der Waals surface area contributed by atoms with Crippen LogP contribution in [-0.2, 0) is 0 Å². The van der Waals surface area contributed by atoms with Gasteiger partial charge in [-0.2, -0.15) is 0 Å². The summed E-state index contributed by atoms with van der Waals surface area (Å²) in [6.45, 7) is 0. The van der Waals surface area contributed by atoms with Crippen molar-refractivity contribution in [1.29, 1.82) is 0 Å². The van der Waals surface area contributed by atoms with E-state index < -0.39 is 0 Å². The molecule has 0 unspecified atom stereocenters. The van der Waals surface area contributed by atoms with Gasteiger partial charge in [0.2, 0.25) is 0 Å². The fraction of sp³-hybridized carbons (Fsp3) is 0. The maximum absolute atomic E-state index is 5.78. The summed E-state index contributed by atoms with van der Waals surface area (Å²) in [6, 6.07) is 29.0. The summed E-state index contributed by atoms with van der Waals surface area (Å²) in [5.41, 5.74) is 2.33. The first-order valence-corrected chi connectivity index (χ1v) is 6.22. The second-order valence-electron chi connectivity index (χ2n) is 4.22. The van der Waals surface area contributed by atoms with Crippen molar-refractivity contribution in [2.24, 2.45) is 0 Å². The Balaban J connectivity index is 1.89. The van der Waals surface area contributed by atoms with E-state index in [1.54, 1.807) is 0 Å². The van der Waals surface area contributed by atoms with E-state index in [4.69, 9.17) is 4.74 Å². The van der Waals surface area contributed by atoms with Crippen LogP contribution in [0.15, 0.2) is 78.9 Å². The van der Waals surface area contributed by atoms with Crippen molar-refractivity contribution in [1.82, 2.24) is 0 Å². The zero-order valence-electron chi connectivity index (χ0n) is 10.4. The first-order valence-electron chi connectivity index (χ1n) is 6.22. The van der Waals surface area contributed by atoms with Gasteiger partial charge in [-0.1, -0.05) is 60.7 Å². The van der Waals surface area contributed by atoms with Gasteiger partial charge in [-0.05, 0) is 29.3 Å². The van der Waals surface area contributed by atoms with Gasteiger partial charge < -0.3 is 4.74 Å². The fourth-order valence-corrected chi connectivity index (χ4v) is 1.94. The molecule has 0 amide bonds. The van der Waals surface area contributed by atoms with Crippen LogP contribution >= 0.6 is 0 Å². The third kappa shape index (κ3) is 2.83. The molecule has 1 radical (unpaired) electrons. The van der Waals surface area contributed by atoms with Gasteiger partial charge in [0.25, 0.3) is 0 Å². The molecule has 0 N–H and O–H groups in total. The van der Waals surface area contributed by atoms with Crippen molar-refractivity contribution in [2.75, 3.05) is 0 Å². The number of ether oxygens (including phenoxy) is 1. The first-order chi connectivity index (χ1) is 9.42. The van der Waals surface area contributed by atoms with Gasteiger partial charge in [-0.25, -0.2) is 0 Å². The van der Waals surface area contributed by atoms with E-state index in [9.17, 15) is 0 Å². The molecule has 0 aliphatic carbocycles. The molecule has 0 saturated heterocycles. The topological polar surface area (TPSA) is 9.23 Å². The largest absolute Gasteiger partial charge is 0.457 e. The Hall–Kier alpha value is -2.54. The van der Waals surface area contributed by atoms with Crippen molar-refractivity contribution < 1.29 is 4.74 Å². The van der Waals surface area contributed by atoms with Gasteiger partial charge in [0.15, 0.2) is 0 Å². The number of benzene rings is 3. The lowest BCUT2D eigenvalue weighted by atomic mass is 10.1. The SMILES string of the molecule is [c]1ccccc1Oc1cccc(-c2ccccc2)c1. The van der Waals surface area contributed by atoms with Crippen LogP contribution in [0.25, 0.3) is 11.1 Å². The Morgan fingerprint density at radius 3 is 2.26 bits per heavy atom. The number of rotatable bonds is 3. The third-order valence-electron chi connectivity index (χ3n) is 2.85. The molecule has 0 atom stereocenters. The summed E-state index contributed by atoms with van der Waals surface area (Å²) in [4.78, 5) is 0. The molecule has 0 heterocycles. The molecule has 3 aromatic carbocycles. The molecule has 3 aromatic rings. The van der Waals surface area contributed by atoms with E-state index in [0.29, 0.717) is 0 Å². The zero-order chi connectivity index (χ0) is 12.9. The van der Waals surface area contributed by atoms with Crippen molar-refractivity contribution in [3.63, 3.8) is 0 Å². The van der Waals surface area contributed by atoms with Gasteiger partial charge >= 0.3 is 0 Å². The predicted octanol–water partition coefficient (Wildman–Crippen LogP) is 4.95. The highest BCUT2D eigenvalue weighted by molar-refractivity contribution is 5.65. The molecule has 1 nitrogen and oxygen atoms in total. The molecule has 19 heavy (non-hydrogen) atoms. The molecular weight excluding hydrogens is 232 g/mol. The van der Waals surface area contributed by atoms with E-state index in [0.717, 1.165) is 17.1 Å². The van der Waals surface area contributed by atoms with Crippen LogP contribution in [0, 0.1) is 6.07 Å². The van der Waals surface area contributed by atoms with Gasteiger partial charge in [0, 0.05) is 6.07 Å². The summed E-state index contributed by atoms with van der Waals surface area (Å²) < 4.78 is 5.78. The Bertz CT molecular complexity index is 645. The second-order valence-corrected chi connectivity index (χ2v) is 4.22. The molecule has 1 heteroatoms. The fourth-order valence-electron chi connectivity index (χ4n) is 1.94. The minimum atomic E-state index is 0.729. The molecule has 0 fully saturated rings. The number of hydrogen-bond acceptors (Lipinski definition) is 1. The lowest BCUT2D eigenvalue weighted by Gasteiger charge is -2.07. The Labute approximate surface area is 113 Å². The van der Waals surface area contributed by atoms with Crippen LogP contribution in [0.1, 0.15) is 0 Å². The molecular formula is C18H13O. The Morgan fingerprint density at radius 2 is 1.47 bits per heavy atom. The predicted molar refractivity (Wildman–Crippen MR) is 77.2 cm³/mol. The standard InChI is InChI=1S/C18H13O/c1-3-8-15(9-4-1)16-10-7-13-18(14-16)19-17-11-5-2-6-12-17/h1-11,13-14H. The summed E-state index contributed by atoms with van der Waals surface area (Å²) in [6.07, 6.45) is 0. The van der Waals surface area contributed by atoms with Crippen LogP contribution in [0.3, 0.4) is 0 Å². The van der Waals surface area contributed by atoms with Crippen molar-refractivity contribution >= 4 is 0 Å². The third-order valence-corrected chi connectivity index (χ3v) is 2.85. The zero-order valence-corrected chi connectivity index (χ0v) is 10.4. The minimum absolute atomic E-state index is 0.729. The Morgan fingerprint density at radius 1 is 0.684 bits per heavy atom. The molecule has 0 saturated carbocycles. The molecule has 3 rings (SSSR count). The van der Waals surface area contributed by atoms with Crippen LogP contribution in [-0.4, -0.2) is 0 Å². The monoisotopic (exact) mass is 245 g/mol. The number of para-hydroxylation sites is 1. The first kappa shape index (κ1) is 11.5. The van der Waals surface area contributed by atoms with Gasteiger partial charge in [-0.3, -0.25) is 0 Å². The van der Waals surface area contributed by atoms with Crippen molar-refractivity contribution in [3.8, 4) is 22.6 Å². The second kappa shape index (κ2) is 5.40. The summed E-state index contributed by atoms with van der Waals surface area (Å²) in [5, 5.41) is 0. The summed E-state index contributed by atoms with van der Waals surface area (Å²) >= 11 is 0. The smallest absolute Gasteiger partial charge is 0.135 e. The van der Waals surface area contributed by atoms with Crippen LogP contribution in [0.4, 0.5) is 0 Å². The van der Waals surface area contributed by atoms with E-state index >= 15 is 0 Å². The normalized spacial score (nSPS) is 10.1. The average molecular weight is 245 g/mol. The van der Waals surface area contributed by atoms with Gasteiger partial charge in [0.05, 0.1) is 0 Å². The molecule has 0 spiro atoms. The molecule has 0 aliphatic heterocycles. The molecule has 0 aliphatic rings. The highest BCUT2D eigenvalue weighted by Crippen LogP contribution is 2.26. The van der Waals surface area contributed by atoms with Crippen LogP contribution in [0.2, 0.25) is 0 Å². The average Bonchev–Trinajstić information content (AvgIpc) is 2.49. The van der Waals surface area contributed by atoms with E-state index in [-0.39, 0.29) is 0 Å².